The van der Waals surface area contributed by atoms with Crippen LogP contribution in [0.3, 0.4) is 0 Å². The molecule has 1 unspecified atom stereocenters. The minimum Gasteiger partial charge on any atom is -0.496 e. The Morgan fingerprint density at radius 3 is 2.84 bits per heavy atom. The highest BCUT2D eigenvalue weighted by molar-refractivity contribution is 5.79. The highest BCUT2D eigenvalue weighted by Crippen LogP contribution is 2.23. The summed E-state index contributed by atoms with van der Waals surface area (Å²) < 4.78 is 5.29. The van der Waals surface area contributed by atoms with Gasteiger partial charge in [0.2, 0.25) is 5.91 Å². The van der Waals surface area contributed by atoms with E-state index in [1.807, 2.05) is 19.1 Å². The quantitative estimate of drug-likeness (QED) is 0.865. The molecule has 0 spiro atoms. The van der Waals surface area contributed by atoms with Gasteiger partial charge in [-0.2, -0.15) is 0 Å². The van der Waals surface area contributed by atoms with Gasteiger partial charge in [0.25, 0.3) is 0 Å². The van der Waals surface area contributed by atoms with E-state index >= 15 is 0 Å². The third kappa shape index (κ3) is 3.07. The standard InChI is InChI=1S/C15H22N2O2/c1-10-11(2)14(19-3)5-4-12(10)9-17-15(18)13-6-7-16-8-13/h4-5,13,16H,6-9H2,1-3H3,(H,17,18). The van der Waals surface area contributed by atoms with Crippen molar-refractivity contribution in [1.82, 2.24) is 10.6 Å². The summed E-state index contributed by atoms with van der Waals surface area (Å²) in [4.78, 5) is 12.0. The van der Waals surface area contributed by atoms with E-state index < -0.39 is 0 Å². The Morgan fingerprint density at radius 2 is 2.21 bits per heavy atom. The first-order chi connectivity index (χ1) is 9.13. The van der Waals surface area contributed by atoms with Crippen LogP contribution in [0.5, 0.6) is 5.75 Å². The van der Waals surface area contributed by atoms with Gasteiger partial charge in [0, 0.05) is 13.1 Å². The monoisotopic (exact) mass is 262 g/mol. The van der Waals surface area contributed by atoms with Crippen LogP contribution in [0.4, 0.5) is 0 Å². The van der Waals surface area contributed by atoms with E-state index in [-0.39, 0.29) is 11.8 Å². The van der Waals surface area contributed by atoms with E-state index in [1.54, 1.807) is 7.11 Å². The van der Waals surface area contributed by atoms with Crippen LogP contribution in [0.2, 0.25) is 0 Å². The summed E-state index contributed by atoms with van der Waals surface area (Å²) in [6, 6.07) is 3.98. The van der Waals surface area contributed by atoms with Crippen LogP contribution in [-0.2, 0) is 11.3 Å². The molecular formula is C15H22N2O2. The molecule has 1 atom stereocenters. The number of hydrogen-bond donors (Lipinski definition) is 2. The minimum absolute atomic E-state index is 0.125. The molecule has 0 bridgehead atoms. The van der Waals surface area contributed by atoms with E-state index in [4.69, 9.17) is 4.74 Å². The zero-order valence-corrected chi connectivity index (χ0v) is 11.9. The van der Waals surface area contributed by atoms with E-state index in [9.17, 15) is 4.79 Å². The molecule has 1 heterocycles. The van der Waals surface area contributed by atoms with E-state index in [2.05, 4.69) is 17.6 Å². The second-order valence-corrected chi connectivity index (χ2v) is 5.08. The van der Waals surface area contributed by atoms with Gasteiger partial charge in [-0.25, -0.2) is 0 Å². The average molecular weight is 262 g/mol. The molecule has 0 aromatic heterocycles. The largest absolute Gasteiger partial charge is 0.496 e. The third-order valence-electron chi connectivity index (χ3n) is 3.95. The molecule has 1 aromatic rings. The predicted molar refractivity (Wildman–Crippen MR) is 75.3 cm³/mol. The molecule has 2 rings (SSSR count). The summed E-state index contributed by atoms with van der Waals surface area (Å²) in [5.74, 6) is 1.17. The van der Waals surface area contributed by atoms with Gasteiger partial charge in [0.15, 0.2) is 0 Å². The van der Waals surface area contributed by atoms with Gasteiger partial charge in [-0.15, -0.1) is 0 Å². The molecule has 1 fully saturated rings. The second kappa shape index (κ2) is 6.06. The Hall–Kier alpha value is -1.55. The Kier molecular flexibility index (Phi) is 4.43. The maximum absolute atomic E-state index is 12.0. The van der Waals surface area contributed by atoms with Crippen LogP contribution in [0.1, 0.15) is 23.1 Å². The van der Waals surface area contributed by atoms with Gasteiger partial charge in [-0.05, 0) is 49.6 Å². The van der Waals surface area contributed by atoms with Crippen molar-refractivity contribution in [2.45, 2.75) is 26.8 Å². The fourth-order valence-electron chi connectivity index (χ4n) is 2.47. The summed E-state index contributed by atoms with van der Waals surface area (Å²) in [6.45, 7) is 6.44. The fourth-order valence-corrected chi connectivity index (χ4v) is 2.47. The van der Waals surface area contributed by atoms with Crippen molar-refractivity contribution >= 4 is 5.91 Å². The summed E-state index contributed by atoms with van der Waals surface area (Å²) in [6.07, 6.45) is 0.937. The van der Waals surface area contributed by atoms with Gasteiger partial charge in [0.1, 0.15) is 5.75 Å². The predicted octanol–water partition coefficient (Wildman–Crippen LogP) is 1.54. The van der Waals surface area contributed by atoms with Crippen molar-refractivity contribution in [3.63, 3.8) is 0 Å². The van der Waals surface area contributed by atoms with Crippen LogP contribution < -0.4 is 15.4 Å². The van der Waals surface area contributed by atoms with Crippen LogP contribution in [0.25, 0.3) is 0 Å². The van der Waals surface area contributed by atoms with E-state index in [0.717, 1.165) is 36.4 Å². The molecule has 0 radical (unpaired) electrons. The Balaban J connectivity index is 1.99. The lowest BCUT2D eigenvalue weighted by Crippen LogP contribution is -2.31. The number of rotatable bonds is 4. The van der Waals surface area contributed by atoms with Crippen molar-refractivity contribution < 1.29 is 9.53 Å². The molecule has 2 N–H and O–H groups in total. The molecule has 1 aliphatic rings. The Morgan fingerprint density at radius 1 is 1.42 bits per heavy atom. The summed E-state index contributed by atoms with van der Waals surface area (Å²) in [5, 5.41) is 6.24. The van der Waals surface area contributed by atoms with Crippen LogP contribution in [-0.4, -0.2) is 26.1 Å². The SMILES string of the molecule is COc1ccc(CNC(=O)C2CCNC2)c(C)c1C. The maximum atomic E-state index is 12.0. The number of carbonyl (C=O) groups excluding carboxylic acids is 1. The highest BCUT2D eigenvalue weighted by atomic mass is 16.5. The molecule has 0 aliphatic carbocycles. The van der Waals surface area contributed by atoms with Gasteiger partial charge < -0.3 is 15.4 Å². The third-order valence-corrected chi connectivity index (χ3v) is 3.95. The number of ether oxygens (including phenoxy) is 1. The normalized spacial score (nSPS) is 18.4. The van der Waals surface area contributed by atoms with Crippen LogP contribution in [0.15, 0.2) is 12.1 Å². The molecule has 4 nitrogen and oxygen atoms in total. The summed E-state index contributed by atoms with van der Waals surface area (Å²) in [7, 11) is 1.68. The minimum atomic E-state index is 0.125. The van der Waals surface area contributed by atoms with Crippen molar-refractivity contribution in [1.29, 1.82) is 0 Å². The zero-order chi connectivity index (χ0) is 13.8. The lowest BCUT2D eigenvalue weighted by atomic mass is 10.0. The zero-order valence-electron chi connectivity index (χ0n) is 11.9. The summed E-state index contributed by atoms with van der Waals surface area (Å²) >= 11 is 0. The lowest BCUT2D eigenvalue weighted by Gasteiger charge is -2.14. The smallest absolute Gasteiger partial charge is 0.224 e. The van der Waals surface area contributed by atoms with Gasteiger partial charge in [0.05, 0.1) is 13.0 Å². The van der Waals surface area contributed by atoms with Crippen molar-refractivity contribution in [3.05, 3.63) is 28.8 Å². The number of nitrogens with one attached hydrogen (secondary N) is 2. The van der Waals surface area contributed by atoms with Crippen LogP contribution in [0, 0.1) is 19.8 Å². The number of benzene rings is 1. The van der Waals surface area contributed by atoms with Crippen LogP contribution >= 0.6 is 0 Å². The molecule has 1 aromatic carbocycles. The fraction of sp³-hybridized carbons (Fsp3) is 0.533. The first-order valence-electron chi connectivity index (χ1n) is 6.75. The molecule has 19 heavy (non-hydrogen) atoms. The van der Waals surface area contributed by atoms with Gasteiger partial charge in [-0.3, -0.25) is 4.79 Å². The first-order valence-corrected chi connectivity index (χ1v) is 6.75. The number of hydrogen-bond acceptors (Lipinski definition) is 3. The molecular weight excluding hydrogens is 240 g/mol. The first kappa shape index (κ1) is 13.9. The summed E-state index contributed by atoms with van der Waals surface area (Å²) in [5.41, 5.74) is 3.47. The molecule has 1 saturated heterocycles. The molecule has 104 valence electrons. The number of amides is 1. The van der Waals surface area contributed by atoms with Gasteiger partial charge in [-0.1, -0.05) is 6.07 Å². The number of methoxy groups -OCH3 is 1. The highest BCUT2D eigenvalue weighted by Gasteiger charge is 2.22. The van der Waals surface area contributed by atoms with Crippen molar-refractivity contribution in [2.75, 3.05) is 20.2 Å². The molecule has 1 amide bonds. The maximum Gasteiger partial charge on any atom is 0.224 e. The Bertz CT molecular complexity index is 465. The van der Waals surface area contributed by atoms with Crippen molar-refractivity contribution in [3.8, 4) is 5.75 Å². The lowest BCUT2D eigenvalue weighted by molar-refractivity contribution is -0.124. The van der Waals surface area contributed by atoms with Crippen molar-refractivity contribution in [2.24, 2.45) is 5.92 Å². The number of carbonyl (C=O) groups is 1. The molecule has 0 saturated carbocycles. The molecule has 4 heteroatoms. The van der Waals surface area contributed by atoms with E-state index in [1.165, 1.54) is 5.56 Å². The topological polar surface area (TPSA) is 50.4 Å². The Labute approximate surface area is 114 Å². The van der Waals surface area contributed by atoms with E-state index in [0.29, 0.717) is 6.54 Å². The average Bonchev–Trinajstić information content (AvgIpc) is 2.94. The second-order valence-electron chi connectivity index (χ2n) is 5.08. The van der Waals surface area contributed by atoms with Gasteiger partial charge >= 0.3 is 0 Å². The molecule has 1 aliphatic heterocycles.